The first-order chi connectivity index (χ1) is 10.1. The van der Waals surface area contributed by atoms with E-state index < -0.39 is 5.97 Å². The number of halogens is 1. The zero-order valence-electron chi connectivity index (χ0n) is 11.0. The van der Waals surface area contributed by atoms with E-state index in [0.717, 1.165) is 3.57 Å². The standard InChI is InChI=1S/C15H13IN2O3/c16-12-3-1-2-4-13(12)18-14(19)9-21-15(20)10-5-7-11(17)8-6-10/h1-8H,9,17H2,(H,18,19). The average molecular weight is 396 g/mol. The van der Waals surface area contributed by atoms with Crippen molar-refractivity contribution < 1.29 is 14.3 Å². The zero-order chi connectivity index (χ0) is 15.2. The second-order valence-corrected chi connectivity index (χ2v) is 5.39. The number of amides is 1. The molecule has 21 heavy (non-hydrogen) atoms. The minimum absolute atomic E-state index is 0.339. The summed E-state index contributed by atoms with van der Waals surface area (Å²) in [7, 11) is 0. The monoisotopic (exact) mass is 396 g/mol. The van der Waals surface area contributed by atoms with Gasteiger partial charge in [-0.1, -0.05) is 12.1 Å². The van der Waals surface area contributed by atoms with Crippen LogP contribution in [0.2, 0.25) is 0 Å². The molecular formula is C15H13IN2O3. The number of para-hydroxylation sites is 1. The summed E-state index contributed by atoms with van der Waals surface area (Å²) in [5, 5.41) is 2.68. The number of benzene rings is 2. The molecule has 2 aromatic rings. The molecule has 0 saturated heterocycles. The smallest absolute Gasteiger partial charge is 0.338 e. The Labute approximate surface area is 135 Å². The fraction of sp³-hybridized carbons (Fsp3) is 0.0667. The van der Waals surface area contributed by atoms with Crippen molar-refractivity contribution in [3.8, 4) is 0 Å². The Morgan fingerprint density at radius 1 is 1.10 bits per heavy atom. The summed E-state index contributed by atoms with van der Waals surface area (Å²) >= 11 is 2.11. The van der Waals surface area contributed by atoms with Gasteiger partial charge in [0.15, 0.2) is 6.61 Å². The van der Waals surface area contributed by atoms with Gasteiger partial charge in [0.1, 0.15) is 0 Å². The van der Waals surface area contributed by atoms with Crippen molar-refractivity contribution in [3.63, 3.8) is 0 Å². The van der Waals surface area contributed by atoms with Crippen molar-refractivity contribution in [1.82, 2.24) is 0 Å². The number of carbonyl (C=O) groups excluding carboxylic acids is 2. The van der Waals surface area contributed by atoms with Gasteiger partial charge in [-0.15, -0.1) is 0 Å². The van der Waals surface area contributed by atoms with Gasteiger partial charge >= 0.3 is 5.97 Å². The van der Waals surface area contributed by atoms with Gasteiger partial charge in [-0.2, -0.15) is 0 Å². The molecule has 0 atom stereocenters. The van der Waals surface area contributed by atoms with Gasteiger partial charge in [-0.25, -0.2) is 4.79 Å². The molecule has 0 fully saturated rings. The summed E-state index contributed by atoms with van der Waals surface area (Å²) in [6.45, 7) is -0.339. The number of carbonyl (C=O) groups is 2. The predicted molar refractivity (Wildman–Crippen MR) is 88.9 cm³/mol. The fourth-order valence-electron chi connectivity index (χ4n) is 1.58. The lowest BCUT2D eigenvalue weighted by atomic mass is 10.2. The van der Waals surface area contributed by atoms with E-state index in [-0.39, 0.29) is 12.5 Å². The van der Waals surface area contributed by atoms with Gasteiger partial charge in [0.05, 0.1) is 11.3 Å². The van der Waals surface area contributed by atoms with Crippen LogP contribution < -0.4 is 11.1 Å². The minimum Gasteiger partial charge on any atom is -0.452 e. The van der Waals surface area contributed by atoms with Crippen molar-refractivity contribution >= 4 is 45.8 Å². The largest absolute Gasteiger partial charge is 0.452 e. The Balaban J connectivity index is 1.88. The Hall–Kier alpha value is -2.09. The van der Waals surface area contributed by atoms with Crippen LogP contribution in [0, 0.1) is 3.57 Å². The van der Waals surface area contributed by atoms with Gasteiger partial charge in [-0.05, 0) is 59.0 Å². The van der Waals surface area contributed by atoms with E-state index in [1.54, 1.807) is 30.3 Å². The van der Waals surface area contributed by atoms with E-state index in [2.05, 4.69) is 27.9 Å². The van der Waals surface area contributed by atoms with Gasteiger partial charge in [0, 0.05) is 9.26 Å². The van der Waals surface area contributed by atoms with Crippen molar-refractivity contribution in [3.05, 3.63) is 57.7 Å². The number of nitrogens with two attached hydrogens (primary N) is 1. The molecule has 2 aromatic carbocycles. The van der Waals surface area contributed by atoms with Crippen molar-refractivity contribution in [2.75, 3.05) is 17.7 Å². The molecule has 0 bridgehead atoms. The number of hydrogen-bond acceptors (Lipinski definition) is 4. The number of rotatable bonds is 4. The lowest BCUT2D eigenvalue weighted by Crippen LogP contribution is -2.21. The first kappa shape index (κ1) is 15.3. The van der Waals surface area contributed by atoms with Crippen LogP contribution in [0.4, 0.5) is 11.4 Å². The van der Waals surface area contributed by atoms with Crippen LogP contribution in [0.25, 0.3) is 0 Å². The Morgan fingerprint density at radius 2 is 1.76 bits per heavy atom. The van der Waals surface area contributed by atoms with Crippen molar-refractivity contribution in [2.24, 2.45) is 0 Å². The molecule has 0 radical (unpaired) electrons. The number of hydrogen-bond donors (Lipinski definition) is 2. The van der Waals surface area contributed by atoms with Gasteiger partial charge in [0.2, 0.25) is 0 Å². The molecule has 2 rings (SSSR count). The maximum atomic E-state index is 11.7. The molecule has 0 aromatic heterocycles. The van der Waals surface area contributed by atoms with E-state index in [1.807, 2.05) is 18.2 Å². The topological polar surface area (TPSA) is 81.4 Å². The van der Waals surface area contributed by atoms with Crippen LogP contribution in [0.3, 0.4) is 0 Å². The van der Waals surface area contributed by atoms with E-state index in [1.165, 1.54) is 0 Å². The summed E-state index contributed by atoms with van der Waals surface area (Å²) in [6.07, 6.45) is 0. The molecule has 6 heteroatoms. The molecule has 1 amide bonds. The van der Waals surface area contributed by atoms with Crippen LogP contribution >= 0.6 is 22.6 Å². The molecule has 0 aliphatic heterocycles. The second-order valence-electron chi connectivity index (χ2n) is 4.23. The molecule has 108 valence electrons. The highest BCUT2D eigenvalue weighted by molar-refractivity contribution is 14.1. The summed E-state index contributed by atoms with van der Waals surface area (Å²) in [4.78, 5) is 23.5. The molecule has 0 aliphatic rings. The van der Waals surface area contributed by atoms with Crippen LogP contribution in [0.1, 0.15) is 10.4 Å². The van der Waals surface area contributed by atoms with Crippen molar-refractivity contribution in [2.45, 2.75) is 0 Å². The Kier molecular flexibility index (Phi) is 5.15. The normalized spacial score (nSPS) is 9.95. The lowest BCUT2D eigenvalue weighted by Gasteiger charge is -2.08. The number of nitrogens with one attached hydrogen (secondary N) is 1. The third kappa shape index (κ3) is 4.45. The van der Waals surface area contributed by atoms with Gasteiger partial charge < -0.3 is 15.8 Å². The first-order valence-corrected chi connectivity index (χ1v) is 7.21. The number of anilines is 2. The molecule has 0 unspecified atom stereocenters. The fourth-order valence-corrected chi connectivity index (χ4v) is 2.10. The highest BCUT2D eigenvalue weighted by atomic mass is 127. The van der Waals surface area contributed by atoms with Gasteiger partial charge in [-0.3, -0.25) is 4.79 Å². The molecule has 3 N–H and O–H groups in total. The third-order valence-corrected chi connectivity index (χ3v) is 3.57. The molecule has 0 saturated carbocycles. The van der Waals surface area contributed by atoms with Crippen molar-refractivity contribution in [1.29, 1.82) is 0 Å². The maximum absolute atomic E-state index is 11.7. The molecule has 0 heterocycles. The highest BCUT2D eigenvalue weighted by Gasteiger charge is 2.11. The number of esters is 1. The van der Waals surface area contributed by atoms with Crippen LogP contribution in [-0.4, -0.2) is 18.5 Å². The molecule has 0 aliphatic carbocycles. The summed E-state index contributed by atoms with van der Waals surface area (Å²) in [5.41, 5.74) is 7.13. The second kappa shape index (κ2) is 7.07. The zero-order valence-corrected chi connectivity index (χ0v) is 13.2. The number of ether oxygens (including phenoxy) is 1. The third-order valence-electron chi connectivity index (χ3n) is 2.63. The summed E-state index contributed by atoms with van der Waals surface area (Å²) in [5.74, 6) is -0.948. The van der Waals surface area contributed by atoms with Crippen LogP contribution in [-0.2, 0) is 9.53 Å². The lowest BCUT2D eigenvalue weighted by molar-refractivity contribution is -0.119. The SMILES string of the molecule is Nc1ccc(C(=O)OCC(=O)Nc2ccccc2I)cc1. The summed E-state index contributed by atoms with van der Waals surface area (Å²) < 4.78 is 5.86. The Bertz CT molecular complexity index is 656. The average Bonchev–Trinajstić information content (AvgIpc) is 2.48. The van der Waals surface area contributed by atoms with Crippen LogP contribution in [0.15, 0.2) is 48.5 Å². The minimum atomic E-state index is -0.562. The molecule has 0 spiro atoms. The molecular weight excluding hydrogens is 383 g/mol. The molecule has 5 nitrogen and oxygen atoms in total. The van der Waals surface area contributed by atoms with E-state index >= 15 is 0 Å². The Morgan fingerprint density at radius 3 is 2.43 bits per heavy atom. The summed E-state index contributed by atoms with van der Waals surface area (Å²) in [6, 6.07) is 13.6. The maximum Gasteiger partial charge on any atom is 0.338 e. The first-order valence-electron chi connectivity index (χ1n) is 6.13. The van der Waals surface area contributed by atoms with E-state index in [9.17, 15) is 9.59 Å². The highest BCUT2D eigenvalue weighted by Crippen LogP contribution is 2.16. The predicted octanol–water partition coefficient (Wildman–Crippen LogP) is 2.67. The van der Waals surface area contributed by atoms with Crippen LogP contribution in [0.5, 0.6) is 0 Å². The van der Waals surface area contributed by atoms with Gasteiger partial charge in [0.25, 0.3) is 5.91 Å². The number of nitrogen functional groups attached to an aromatic ring is 1. The van der Waals surface area contributed by atoms with E-state index in [4.69, 9.17) is 10.5 Å². The van der Waals surface area contributed by atoms with E-state index in [0.29, 0.717) is 16.9 Å². The quantitative estimate of drug-likeness (QED) is 0.473.